The van der Waals surface area contributed by atoms with Crippen LogP contribution >= 0.6 is 11.6 Å². The zero-order valence-electron chi connectivity index (χ0n) is 21.8. The molecule has 1 N–H and O–H groups in total. The first-order valence-corrected chi connectivity index (χ1v) is 13.8. The summed E-state index contributed by atoms with van der Waals surface area (Å²) in [5.41, 5.74) is -0.525. The molecule has 0 unspecified atom stereocenters. The van der Waals surface area contributed by atoms with Crippen molar-refractivity contribution in [2.45, 2.75) is 23.5 Å². The third kappa shape index (κ3) is 5.51. The van der Waals surface area contributed by atoms with Crippen LogP contribution in [0.2, 0.25) is 5.02 Å². The smallest absolute Gasteiger partial charge is 0.271 e. The number of benzene rings is 2. The van der Waals surface area contributed by atoms with Gasteiger partial charge in [-0.2, -0.15) is 4.39 Å². The van der Waals surface area contributed by atoms with E-state index in [1.807, 2.05) is 0 Å². The molecule has 0 atom stereocenters. The molecule has 0 amide bonds. The highest BCUT2D eigenvalue weighted by Gasteiger charge is 2.45. The van der Waals surface area contributed by atoms with Crippen molar-refractivity contribution in [3.05, 3.63) is 70.6 Å². The number of aliphatic hydroxyl groups excluding tert-OH is 1. The molecule has 2 aromatic carbocycles. The summed E-state index contributed by atoms with van der Waals surface area (Å²) in [6, 6.07) is 8.76. The summed E-state index contributed by atoms with van der Waals surface area (Å²) < 4.78 is 89.5. The number of ether oxygens (including phenoxy) is 3. The molecule has 3 aromatic rings. The molecule has 1 fully saturated rings. The van der Waals surface area contributed by atoms with Crippen molar-refractivity contribution in [1.29, 1.82) is 0 Å². The van der Waals surface area contributed by atoms with Crippen LogP contribution in [0.4, 0.5) is 24.7 Å². The van der Waals surface area contributed by atoms with E-state index in [-0.39, 0.29) is 36.7 Å². The molecule has 2 heterocycles. The highest BCUT2D eigenvalue weighted by molar-refractivity contribution is 7.92. The van der Waals surface area contributed by atoms with Crippen molar-refractivity contribution in [3.63, 3.8) is 0 Å². The van der Waals surface area contributed by atoms with E-state index in [9.17, 15) is 17.9 Å². The Morgan fingerprint density at radius 2 is 1.82 bits per heavy atom. The fourth-order valence-electron chi connectivity index (χ4n) is 4.52. The number of rotatable bonds is 11. The number of hydrogen-bond acceptors (Lipinski definition) is 8. The van der Waals surface area contributed by atoms with E-state index < -0.39 is 55.5 Å². The predicted molar refractivity (Wildman–Crippen MR) is 142 cm³/mol. The molecule has 14 heteroatoms. The van der Waals surface area contributed by atoms with Gasteiger partial charge < -0.3 is 24.2 Å². The molecule has 0 aliphatic carbocycles. The Balaban J connectivity index is 1.79. The van der Waals surface area contributed by atoms with Gasteiger partial charge in [0, 0.05) is 50.9 Å². The van der Waals surface area contributed by atoms with Gasteiger partial charge in [0.1, 0.15) is 33.8 Å². The second-order valence-corrected chi connectivity index (χ2v) is 11.2. The average molecular weight is 602 g/mol. The van der Waals surface area contributed by atoms with E-state index in [4.69, 9.17) is 25.8 Å². The van der Waals surface area contributed by atoms with E-state index in [2.05, 4.69) is 4.98 Å². The Morgan fingerprint density at radius 3 is 2.42 bits per heavy atom. The first-order valence-electron chi connectivity index (χ1n) is 11.9. The molecule has 4 rings (SSSR count). The van der Waals surface area contributed by atoms with E-state index in [1.54, 1.807) is 6.07 Å². The SMILES string of the molecule is COc1ccc(CN(c2cccc(F)n2)S(=O)(=O)c2c(F)cc(N3CC(CCO)(OC)C3)c(Cl)c2F)c(OC)c1. The first kappa shape index (κ1) is 29.7. The molecular formula is C26H27ClF3N3O6S. The number of nitrogens with zero attached hydrogens (tertiary/aromatic N) is 3. The number of halogens is 4. The van der Waals surface area contributed by atoms with E-state index >= 15 is 8.78 Å². The van der Waals surface area contributed by atoms with Crippen LogP contribution in [0.3, 0.4) is 0 Å². The van der Waals surface area contributed by atoms with Crippen LogP contribution in [0.5, 0.6) is 11.5 Å². The maximum atomic E-state index is 15.7. The quantitative estimate of drug-likeness (QED) is 0.258. The summed E-state index contributed by atoms with van der Waals surface area (Å²) in [7, 11) is -0.813. The minimum Gasteiger partial charge on any atom is -0.497 e. The summed E-state index contributed by atoms with van der Waals surface area (Å²) in [6.45, 7) is -0.331. The molecule has 0 radical (unpaired) electrons. The lowest BCUT2D eigenvalue weighted by atomic mass is 9.89. The van der Waals surface area contributed by atoms with Crippen molar-refractivity contribution in [1.82, 2.24) is 4.98 Å². The number of aliphatic hydroxyl groups is 1. The first-order chi connectivity index (χ1) is 19.0. The molecule has 40 heavy (non-hydrogen) atoms. The molecular weight excluding hydrogens is 575 g/mol. The molecule has 0 saturated carbocycles. The fraction of sp³-hybridized carbons (Fsp3) is 0.346. The van der Waals surface area contributed by atoms with Gasteiger partial charge in [-0.05, 0) is 24.3 Å². The molecule has 1 aliphatic rings. The van der Waals surface area contributed by atoms with Crippen molar-refractivity contribution in [3.8, 4) is 11.5 Å². The van der Waals surface area contributed by atoms with Gasteiger partial charge in [-0.1, -0.05) is 17.7 Å². The Hall–Kier alpha value is -3.26. The predicted octanol–water partition coefficient (Wildman–Crippen LogP) is 4.15. The van der Waals surface area contributed by atoms with Gasteiger partial charge in [0.05, 0.1) is 26.5 Å². The van der Waals surface area contributed by atoms with Crippen molar-refractivity contribution in [2.75, 3.05) is 50.2 Å². The lowest BCUT2D eigenvalue weighted by Gasteiger charge is -2.50. The van der Waals surface area contributed by atoms with Gasteiger partial charge in [0.2, 0.25) is 5.95 Å². The molecule has 216 valence electrons. The maximum Gasteiger partial charge on any atom is 0.271 e. The van der Waals surface area contributed by atoms with Gasteiger partial charge in [-0.25, -0.2) is 26.5 Å². The summed E-state index contributed by atoms with van der Waals surface area (Å²) >= 11 is 6.25. The third-order valence-corrected chi connectivity index (χ3v) is 8.85. The number of hydrogen-bond donors (Lipinski definition) is 1. The zero-order chi connectivity index (χ0) is 29.2. The highest BCUT2D eigenvalue weighted by atomic mass is 35.5. The molecule has 0 spiro atoms. The third-order valence-electron chi connectivity index (χ3n) is 6.71. The summed E-state index contributed by atoms with van der Waals surface area (Å²) in [4.78, 5) is 3.82. The van der Waals surface area contributed by atoms with Crippen LogP contribution in [0.15, 0.2) is 47.4 Å². The molecule has 1 saturated heterocycles. The lowest BCUT2D eigenvalue weighted by molar-refractivity contribution is -0.0488. The van der Waals surface area contributed by atoms with Crippen LogP contribution in [0.25, 0.3) is 0 Å². The van der Waals surface area contributed by atoms with Crippen LogP contribution < -0.4 is 18.7 Å². The largest absolute Gasteiger partial charge is 0.497 e. The second-order valence-electron chi connectivity index (χ2n) is 9.06. The van der Waals surface area contributed by atoms with E-state index in [0.717, 1.165) is 12.1 Å². The number of methoxy groups -OCH3 is 3. The van der Waals surface area contributed by atoms with E-state index in [1.165, 1.54) is 50.5 Å². The van der Waals surface area contributed by atoms with Crippen LogP contribution in [0.1, 0.15) is 12.0 Å². The van der Waals surface area contributed by atoms with Gasteiger partial charge in [-0.15, -0.1) is 0 Å². The van der Waals surface area contributed by atoms with Crippen molar-refractivity contribution >= 4 is 33.1 Å². The second kappa shape index (κ2) is 11.7. The van der Waals surface area contributed by atoms with Gasteiger partial charge >= 0.3 is 0 Å². The minimum absolute atomic E-state index is 0.0755. The number of anilines is 2. The van der Waals surface area contributed by atoms with Crippen LogP contribution in [-0.4, -0.2) is 65.1 Å². The summed E-state index contributed by atoms with van der Waals surface area (Å²) in [5, 5.41) is 8.67. The fourth-order valence-corrected chi connectivity index (χ4v) is 6.35. The van der Waals surface area contributed by atoms with Crippen LogP contribution in [0, 0.1) is 17.6 Å². The van der Waals surface area contributed by atoms with Gasteiger partial charge in [0.15, 0.2) is 10.7 Å². The molecule has 0 bridgehead atoms. The Bertz CT molecular complexity index is 1510. The van der Waals surface area contributed by atoms with Crippen molar-refractivity contribution < 1.29 is 40.9 Å². The topological polar surface area (TPSA) is 101 Å². The van der Waals surface area contributed by atoms with Crippen molar-refractivity contribution in [2.24, 2.45) is 0 Å². The zero-order valence-corrected chi connectivity index (χ0v) is 23.4. The molecule has 1 aliphatic heterocycles. The van der Waals surface area contributed by atoms with Gasteiger partial charge in [-0.3, -0.25) is 0 Å². The van der Waals surface area contributed by atoms with Crippen LogP contribution in [-0.2, 0) is 21.3 Å². The number of pyridine rings is 1. The average Bonchev–Trinajstić information content (AvgIpc) is 2.91. The summed E-state index contributed by atoms with van der Waals surface area (Å²) in [6.07, 6.45) is 0.291. The molecule has 1 aromatic heterocycles. The monoisotopic (exact) mass is 601 g/mol. The Morgan fingerprint density at radius 1 is 1.10 bits per heavy atom. The lowest BCUT2D eigenvalue weighted by Crippen LogP contribution is -2.63. The normalized spacial score (nSPS) is 14.6. The molecule has 9 nitrogen and oxygen atoms in total. The summed E-state index contributed by atoms with van der Waals surface area (Å²) in [5.74, 6) is -3.72. The Kier molecular flexibility index (Phi) is 8.69. The standard InChI is InChI=1S/C26H27ClF3N3O6S/c1-37-17-8-7-16(20(11-17)38-2)13-33(22-6-4-5-21(29)31-22)40(35,36)25-18(28)12-19(23(27)24(25)30)32-14-26(15-32,39-3)9-10-34/h4-8,11-12,34H,9-10,13-15H2,1-3H3. The number of sulfonamides is 1. The highest BCUT2D eigenvalue weighted by Crippen LogP contribution is 2.41. The maximum absolute atomic E-state index is 15.7. The number of aromatic nitrogens is 1. The van der Waals surface area contributed by atoms with Gasteiger partial charge in [0.25, 0.3) is 10.0 Å². The van der Waals surface area contributed by atoms with E-state index in [0.29, 0.717) is 16.5 Å². The minimum atomic E-state index is -5.05. The Labute approximate surface area is 234 Å².